The van der Waals surface area contributed by atoms with Crippen molar-refractivity contribution in [2.75, 3.05) is 12.4 Å². The number of nitrogens with zero attached hydrogens (tertiary/aromatic N) is 3. The highest BCUT2D eigenvalue weighted by molar-refractivity contribution is 7.99. The molecule has 6 nitrogen and oxygen atoms in total. The summed E-state index contributed by atoms with van der Waals surface area (Å²) >= 11 is 1.30. The Morgan fingerprint density at radius 1 is 1.12 bits per heavy atom. The number of benzene rings is 2. The molecule has 4 aromatic rings. The maximum atomic E-state index is 13.3. The van der Waals surface area contributed by atoms with Crippen molar-refractivity contribution in [1.29, 1.82) is 0 Å². The normalized spacial score (nSPS) is 15.8. The topological polar surface area (TPSA) is 66.1 Å². The summed E-state index contributed by atoms with van der Waals surface area (Å²) in [7, 11) is 0. The lowest BCUT2D eigenvalue weighted by molar-refractivity contribution is 0.0957. The van der Waals surface area contributed by atoms with E-state index in [1.807, 2.05) is 68.4 Å². The predicted molar refractivity (Wildman–Crippen MR) is 135 cm³/mol. The Balaban J connectivity index is 1.44. The van der Waals surface area contributed by atoms with Crippen molar-refractivity contribution in [1.82, 2.24) is 14.1 Å². The summed E-state index contributed by atoms with van der Waals surface area (Å²) in [4.78, 5) is 31.3. The largest absolute Gasteiger partial charge is 0.376 e. The van der Waals surface area contributed by atoms with Gasteiger partial charge in [-0.1, -0.05) is 42.1 Å². The molecule has 1 aliphatic heterocycles. The lowest BCUT2D eigenvalue weighted by atomic mass is 10.2. The molecule has 0 N–H and O–H groups in total. The highest BCUT2D eigenvalue weighted by Crippen LogP contribution is 2.25. The molecule has 174 valence electrons. The molecule has 0 bridgehead atoms. The van der Waals surface area contributed by atoms with Crippen LogP contribution in [0.15, 0.2) is 70.6 Å². The van der Waals surface area contributed by atoms with Crippen molar-refractivity contribution in [2.45, 2.75) is 44.5 Å². The van der Waals surface area contributed by atoms with Crippen LogP contribution in [0.1, 0.15) is 34.6 Å². The third-order valence-corrected chi connectivity index (χ3v) is 7.31. The van der Waals surface area contributed by atoms with Crippen LogP contribution in [0.4, 0.5) is 0 Å². The average Bonchev–Trinajstić information content (AvgIpc) is 3.47. The molecule has 34 heavy (non-hydrogen) atoms. The second-order valence-electron chi connectivity index (χ2n) is 8.63. The Labute approximate surface area is 202 Å². The Kier molecular flexibility index (Phi) is 6.39. The Morgan fingerprint density at radius 2 is 1.88 bits per heavy atom. The molecular weight excluding hydrogens is 446 g/mol. The Bertz CT molecular complexity index is 1400. The van der Waals surface area contributed by atoms with Crippen LogP contribution in [0, 0.1) is 13.8 Å². The van der Waals surface area contributed by atoms with E-state index in [2.05, 4.69) is 4.57 Å². The summed E-state index contributed by atoms with van der Waals surface area (Å²) in [5.41, 5.74) is 3.97. The lowest BCUT2D eigenvalue weighted by Gasteiger charge is -2.15. The SMILES string of the molecule is Cc1cc(C(=O)CSc2nc3ccccc3c(=O)n2-c2ccccc2)c(C)n1CC1CCCO1. The van der Waals surface area contributed by atoms with Gasteiger partial charge >= 0.3 is 0 Å². The summed E-state index contributed by atoms with van der Waals surface area (Å²) in [5, 5.41) is 1.07. The van der Waals surface area contributed by atoms with Crippen LogP contribution in [-0.4, -0.2) is 38.4 Å². The van der Waals surface area contributed by atoms with E-state index in [-0.39, 0.29) is 23.2 Å². The zero-order chi connectivity index (χ0) is 23.7. The third-order valence-electron chi connectivity index (χ3n) is 6.38. The Morgan fingerprint density at radius 3 is 2.65 bits per heavy atom. The first-order chi connectivity index (χ1) is 16.5. The van der Waals surface area contributed by atoms with Crippen molar-refractivity contribution < 1.29 is 9.53 Å². The number of aromatic nitrogens is 3. The molecule has 3 heterocycles. The summed E-state index contributed by atoms with van der Waals surface area (Å²) in [6.45, 7) is 5.62. The highest BCUT2D eigenvalue weighted by Gasteiger charge is 2.22. The van der Waals surface area contributed by atoms with Gasteiger partial charge in [-0.2, -0.15) is 0 Å². The molecule has 7 heteroatoms. The number of para-hydroxylation sites is 2. The van der Waals surface area contributed by atoms with Gasteiger partial charge in [-0.15, -0.1) is 0 Å². The highest BCUT2D eigenvalue weighted by atomic mass is 32.2. The quantitative estimate of drug-likeness (QED) is 0.216. The van der Waals surface area contributed by atoms with Crippen LogP contribution in [0.5, 0.6) is 0 Å². The van der Waals surface area contributed by atoms with E-state index >= 15 is 0 Å². The number of hydrogen-bond acceptors (Lipinski definition) is 5. The summed E-state index contributed by atoms with van der Waals surface area (Å²) in [6.07, 6.45) is 2.36. The number of ether oxygens (including phenoxy) is 1. The van der Waals surface area contributed by atoms with Crippen LogP contribution in [0.25, 0.3) is 16.6 Å². The maximum Gasteiger partial charge on any atom is 0.266 e. The fraction of sp³-hybridized carbons (Fsp3) is 0.296. The van der Waals surface area contributed by atoms with E-state index < -0.39 is 0 Å². The van der Waals surface area contributed by atoms with Crippen molar-refractivity contribution in [3.63, 3.8) is 0 Å². The van der Waals surface area contributed by atoms with Crippen LogP contribution in [0.3, 0.4) is 0 Å². The fourth-order valence-electron chi connectivity index (χ4n) is 4.58. The van der Waals surface area contributed by atoms with E-state index in [4.69, 9.17) is 9.72 Å². The average molecular weight is 474 g/mol. The molecule has 0 amide bonds. The first-order valence-electron chi connectivity index (χ1n) is 11.5. The van der Waals surface area contributed by atoms with Gasteiger partial charge in [-0.25, -0.2) is 4.98 Å². The molecule has 0 radical (unpaired) electrons. The van der Waals surface area contributed by atoms with E-state index in [9.17, 15) is 9.59 Å². The monoisotopic (exact) mass is 473 g/mol. The molecule has 1 saturated heterocycles. The minimum Gasteiger partial charge on any atom is -0.376 e. The van der Waals surface area contributed by atoms with Crippen molar-refractivity contribution in [3.8, 4) is 5.69 Å². The predicted octanol–water partition coefficient (Wildman–Crippen LogP) is 4.96. The Hall–Kier alpha value is -3.16. The van der Waals surface area contributed by atoms with Crippen LogP contribution in [0.2, 0.25) is 0 Å². The molecule has 0 saturated carbocycles. The smallest absolute Gasteiger partial charge is 0.266 e. The van der Waals surface area contributed by atoms with E-state index in [0.717, 1.165) is 48.6 Å². The second-order valence-corrected chi connectivity index (χ2v) is 9.57. The van der Waals surface area contributed by atoms with E-state index in [0.29, 0.717) is 16.1 Å². The van der Waals surface area contributed by atoms with Crippen molar-refractivity contribution >= 4 is 28.4 Å². The molecule has 0 aliphatic carbocycles. The van der Waals surface area contributed by atoms with Crippen LogP contribution < -0.4 is 5.56 Å². The van der Waals surface area contributed by atoms with Crippen molar-refractivity contribution in [2.24, 2.45) is 0 Å². The molecular formula is C27H27N3O3S. The lowest BCUT2D eigenvalue weighted by Crippen LogP contribution is -2.22. The van der Waals surface area contributed by atoms with Gasteiger partial charge < -0.3 is 9.30 Å². The zero-order valence-electron chi connectivity index (χ0n) is 19.4. The molecule has 1 fully saturated rings. The van der Waals surface area contributed by atoms with E-state index in [1.54, 1.807) is 10.6 Å². The zero-order valence-corrected chi connectivity index (χ0v) is 20.2. The molecule has 2 aromatic carbocycles. The van der Waals surface area contributed by atoms with Crippen molar-refractivity contribution in [3.05, 3.63) is 88.0 Å². The molecule has 1 aliphatic rings. The number of carbonyl (C=O) groups excluding carboxylic acids is 1. The number of aryl methyl sites for hydroxylation is 1. The van der Waals surface area contributed by atoms with Gasteiger partial charge in [-0.05, 0) is 57.0 Å². The second kappa shape index (κ2) is 9.60. The molecule has 0 spiro atoms. The number of hydrogen-bond donors (Lipinski definition) is 0. The molecule has 5 rings (SSSR count). The summed E-state index contributed by atoms with van der Waals surface area (Å²) in [5.74, 6) is 0.223. The first kappa shape index (κ1) is 22.6. The number of fused-ring (bicyclic) bond motifs is 1. The van der Waals surface area contributed by atoms with Gasteiger partial charge in [0.15, 0.2) is 10.9 Å². The van der Waals surface area contributed by atoms with Crippen LogP contribution >= 0.6 is 11.8 Å². The number of Topliss-reactive ketones (excluding diaryl/α,β-unsaturated/α-hetero) is 1. The number of thioether (sulfide) groups is 1. The molecule has 1 atom stereocenters. The summed E-state index contributed by atoms with van der Waals surface area (Å²) < 4.78 is 9.57. The van der Waals surface area contributed by atoms with Gasteiger partial charge in [0.2, 0.25) is 0 Å². The molecule has 1 unspecified atom stereocenters. The van der Waals surface area contributed by atoms with E-state index in [1.165, 1.54) is 11.8 Å². The van der Waals surface area contributed by atoms with Gasteiger partial charge in [0, 0.05) is 30.1 Å². The minimum absolute atomic E-state index is 0.0266. The third kappa shape index (κ3) is 4.33. The van der Waals surface area contributed by atoms with Gasteiger partial charge in [-0.3, -0.25) is 14.2 Å². The van der Waals surface area contributed by atoms with Gasteiger partial charge in [0.25, 0.3) is 5.56 Å². The number of rotatable bonds is 7. The van der Waals surface area contributed by atoms with Crippen LogP contribution in [-0.2, 0) is 11.3 Å². The number of carbonyl (C=O) groups is 1. The summed E-state index contributed by atoms with van der Waals surface area (Å²) in [6, 6.07) is 18.7. The molecule has 2 aromatic heterocycles. The minimum atomic E-state index is -0.138. The standard InChI is InChI=1S/C27H27N3O3S/c1-18-15-23(19(2)29(18)16-21-11-8-14-33-21)25(31)17-34-27-28-24-13-7-6-12-22(24)26(32)30(27)20-9-4-3-5-10-20/h3-7,9-10,12-13,15,21H,8,11,14,16-17H2,1-2H3. The van der Waals surface area contributed by atoms with Gasteiger partial charge in [0.05, 0.1) is 28.4 Å². The number of ketones is 1. The first-order valence-corrected chi connectivity index (χ1v) is 12.5. The fourth-order valence-corrected chi connectivity index (χ4v) is 5.47. The van der Waals surface area contributed by atoms with Gasteiger partial charge in [0.1, 0.15) is 0 Å². The maximum absolute atomic E-state index is 13.3.